The molecular formula is C23H25N5OS. The Bertz CT molecular complexity index is 1140. The number of hydrogen-bond acceptors (Lipinski definition) is 4. The van der Waals surface area contributed by atoms with Crippen molar-refractivity contribution in [3.05, 3.63) is 58.4 Å². The summed E-state index contributed by atoms with van der Waals surface area (Å²) < 4.78 is 2.21. The quantitative estimate of drug-likeness (QED) is 0.687. The number of benzene rings is 1. The van der Waals surface area contributed by atoms with Crippen molar-refractivity contribution >= 4 is 39.8 Å². The molecule has 0 fully saturated rings. The van der Waals surface area contributed by atoms with E-state index in [1.807, 2.05) is 13.0 Å². The molecule has 3 heterocycles. The number of aryl methyl sites for hydroxylation is 2. The van der Waals surface area contributed by atoms with Gasteiger partial charge in [-0.05, 0) is 74.2 Å². The van der Waals surface area contributed by atoms with Crippen molar-refractivity contribution in [2.45, 2.75) is 47.0 Å². The van der Waals surface area contributed by atoms with Crippen LogP contribution in [0.3, 0.4) is 0 Å². The van der Waals surface area contributed by atoms with Gasteiger partial charge in [-0.2, -0.15) is 15.1 Å². The largest absolute Gasteiger partial charge is 0.318 e. The number of aromatic nitrogens is 1. The number of carbonyl (C=O) groups is 1. The van der Waals surface area contributed by atoms with Crippen LogP contribution in [0.2, 0.25) is 0 Å². The first kappa shape index (κ1) is 20.3. The minimum Gasteiger partial charge on any atom is -0.318 e. The molecule has 0 radical (unpaired) electrons. The van der Waals surface area contributed by atoms with Crippen LogP contribution in [0.25, 0.3) is 11.8 Å². The summed E-state index contributed by atoms with van der Waals surface area (Å²) in [6.45, 7) is 8.33. The highest BCUT2D eigenvalue weighted by Crippen LogP contribution is 2.31. The normalized spacial score (nSPS) is 17.5. The van der Waals surface area contributed by atoms with Crippen LogP contribution in [0.4, 0.5) is 0 Å². The molecule has 30 heavy (non-hydrogen) atoms. The summed E-state index contributed by atoms with van der Waals surface area (Å²) in [6, 6.07) is 10.4. The van der Waals surface area contributed by atoms with E-state index in [2.05, 4.69) is 59.7 Å². The fourth-order valence-corrected chi connectivity index (χ4v) is 4.82. The van der Waals surface area contributed by atoms with E-state index in [0.717, 1.165) is 46.9 Å². The fraction of sp³-hybridized carbons (Fsp3) is 0.304. The number of amides is 1. The Morgan fingerprint density at radius 2 is 1.97 bits per heavy atom. The van der Waals surface area contributed by atoms with Crippen molar-refractivity contribution < 1.29 is 4.79 Å². The molecule has 2 aliphatic rings. The molecule has 0 atom stereocenters. The predicted octanol–water partition coefficient (Wildman–Crippen LogP) is 5.08. The monoisotopic (exact) mass is 419 g/mol. The van der Waals surface area contributed by atoms with Gasteiger partial charge in [0.25, 0.3) is 5.91 Å². The molecule has 1 aromatic heterocycles. The van der Waals surface area contributed by atoms with Crippen molar-refractivity contribution in [3.63, 3.8) is 0 Å². The van der Waals surface area contributed by atoms with Gasteiger partial charge < -0.3 is 4.57 Å². The van der Waals surface area contributed by atoms with E-state index in [4.69, 9.17) is 5.41 Å². The number of hydrazone groups is 1. The Labute approximate surface area is 180 Å². The lowest BCUT2D eigenvalue weighted by atomic mass is 10.1. The summed E-state index contributed by atoms with van der Waals surface area (Å²) in [6.07, 6.45) is 4.49. The first-order valence-corrected chi connectivity index (χ1v) is 11.0. The molecule has 1 aromatic carbocycles. The number of nitrogens with zero attached hydrogens (tertiary/aromatic N) is 4. The van der Waals surface area contributed by atoms with Crippen LogP contribution in [0, 0.1) is 19.3 Å². The van der Waals surface area contributed by atoms with Gasteiger partial charge in [-0.3, -0.25) is 10.2 Å². The highest BCUT2D eigenvalue weighted by Gasteiger charge is 2.35. The minimum absolute atomic E-state index is 0.0855. The van der Waals surface area contributed by atoms with Crippen molar-refractivity contribution in [1.82, 2.24) is 9.58 Å². The average Bonchev–Trinajstić information content (AvgIpc) is 3.25. The Kier molecular flexibility index (Phi) is 5.47. The van der Waals surface area contributed by atoms with Gasteiger partial charge in [-0.1, -0.05) is 32.0 Å². The summed E-state index contributed by atoms with van der Waals surface area (Å²) >= 11 is 1.38. The first-order chi connectivity index (χ1) is 14.4. The third-order valence-electron chi connectivity index (χ3n) is 5.34. The number of hydrogen-bond donors (Lipinski definition) is 1. The van der Waals surface area contributed by atoms with Gasteiger partial charge in [-0.15, -0.1) is 0 Å². The molecule has 0 unspecified atom stereocenters. The Morgan fingerprint density at radius 3 is 2.70 bits per heavy atom. The van der Waals surface area contributed by atoms with Gasteiger partial charge >= 0.3 is 0 Å². The number of amidine groups is 2. The summed E-state index contributed by atoms with van der Waals surface area (Å²) in [5, 5.41) is 15.9. The van der Waals surface area contributed by atoms with Crippen molar-refractivity contribution in [1.29, 1.82) is 5.41 Å². The fourth-order valence-electron chi connectivity index (χ4n) is 3.83. The third kappa shape index (κ3) is 3.43. The molecule has 2 aliphatic heterocycles. The van der Waals surface area contributed by atoms with Gasteiger partial charge in [0.1, 0.15) is 5.04 Å². The zero-order valence-electron chi connectivity index (χ0n) is 17.7. The Hall–Kier alpha value is -2.93. The number of aliphatic imine (C=N–C) groups is 1. The SMILES string of the molecule is CCCC1=NN2C(=N)C(=Cc3cc(C)n(-c4ccccc4CC)c3C)C(=O)N=C2S1. The molecule has 0 aliphatic carbocycles. The van der Waals surface area contributed by atoms with Gasteiger partial charge in [-0.25, -0.2) is 0 Å². The Balaban J connectivity index is 1.75. The molecule has 1 amide bonds. The first-order valence-electron chi connectivity index (χ1n) is 10.2. The van der Waals surface area contributed by atoms with Crippen LogP contribution in [0.5, 0.6) is 0 Å². The van der Waals surface area contributed by atoms with Crippen molar-refractivity contribution in [2.75, 3.05) is 0 Å². The second-order valence-corrected chi connectivity index (χ2v) is 8.45. The number of fused-ring (bicyclic) bond motifs is 1. The lowest BCUT2D eigenvalue weighted by molar-refractivity contribution is -0.114. The second kappa shape index (κ2) is 8.07. The van der Waals surface area contributed by atoms with Gasteiger partial charge in [0.15, 0.2) is 5.84 Å². The van der Waals surface area contributed by atoms with E-state index in [1.165, 1.54) is 22.3 Å². The number of rotatable bonds is 5. The van der Waals surface area contributed by atoms with Crippen LogP contribution in [-0.2, 0) is 11.2 Å². The number of carbonyl (C=O) groups excluding carboxylic acids is 1. The molecule has 0 saturated carbocycles. The molecule has 4 rings (SSSR count). The van der Waals surface area contributed by atoms with Crippen molar-refractivity contribution in [2.24, 2.45) is 10.1 Å². The maximum Gasteiger partial charge on any atom is 0.283 e. The average molecular weight is 420 g/mol. The maximum absolute atomic E-state index is 12.7. The molecule has 154 valence electrons. The standard InChI is InChI=1S/C23H25N5OS/c1-5-9-20-26-28-21(24)18(22(29)25-23(28)30-20)13-17-12-14(3)27(15(17)4)19-11-8-7-10-16(19)6-2/h7-8,10-13,24H,5-6,9H2,1-4H3. The maximum atomic E-state index is 12.7. The summed E-state index contributed by atoms with van der Waals surface area (Å²) in [7, 11) is 0. The van der Waals surface area contributed by atoms with Crippen LogP contribution >= 0.6 is 11.8 Å². The molecule has 7 heteroatoms. The van der Waals surface area contributed by atoms with E-state index in [-0.39, 0.29) is 17.3 Å². The smallest absolute Gasteiger partial charge is 0.283 e. The second-order valence-electron chi connectivity index (χ2n) is 7.41. The van der Waals surface area contributed by atoms with Gasteiger partial charge in [0, 0.05) is 17.1 Å². The van der Waals surface area contributed by atoms with Gasteiger partial charge in [0.05, 0.1) is 5.57 Å². The number of nitrogens with one attached hydrogen (secondary N) is 1. The molecule has 0 bridgehead atoms. The van der Waals surface area contributed by atoms with Crippen LogP contribution < -0.4 is 0 Å². The molecule has 0 saturated heterocycles. The lowest BCUT2D eigenvalue weighted by Gasteiger charge is -2.20. The summed E-state index contributed by atoms with van der Waals surface area (Å²) in [4.78, 5) is 16.9. The lowest BCUT2D eigenvalue weighted by Crippen LogP contribution is -2.35. The molecule has 2 aromatic rings. The van der Waals surface area contributed by atoms with E-state index >= 15 is 0 Å². The van der Waals surface area contributed by atoms with Crippen LogP contribution in [-0.4, -0.2) is 31.5 Å². The van der Waals surface area contributed by atoms with Crippen molar-refractivity contribution in [3.8, 4) is 5.69 Å². The van der Waals surface area contributed by atoms with E-state index in [1.54, 1.807) is 6.08 Å². The zero-order valence-corrected chi connectivity index (χ0v) is 18.5. The zero-order chi connectivity index (χ0) is 21.4. The molecule has 6 nitrogen and oxygen atoms in total. The highest BCUT2D eigenvalue weighted by atomic mass is 32.2. The van der Waals surface area contributed by atoms with Crippen LogP contribution in [0.15, 0.2) is 46.0 Å². The minimum atomic E-state index is -0.384. The van der Waals surface area contributed by atoms with E-state index in [0.29, 0.717) is 5.17 Å². The van der Waals surface area contributed by atoms with E-state index in [9.17, 15) is 4.79 Å². The number of thioether (sulfide) groups is 1. The highest BCUT2D eigenvalue weighted by molar-refractivity contribution is 8.26. The Morgan fingerprint density at radius 1 is 1.20 bits per heavy atom. The van der Waals surface area contributed by atoms with Gasteiger partial charge in [0.2, 0.25) is 5.17 Å². The predicted molar refractivity (Wildman–Crippen MR) is 125 cm³/mol. The summed E-state index contributed by atoms with van der Waals surface area (Å²) in [5.74, 6) is -0.298. The topological polar surface area (TPSA) is 73.8 Å². The molecule has 1 N–H and O–H groups in total. The number of para-hydroxylation sites is 1. The molecular weight excluding hydrogens is 394 g/mol. The molecule has 0 spiro atoms. The van der Waals surface area contributed by atoms with Crippen LogP contribution in [0.1, 0.15) is 49.2 Å². The summed E-state index contributed by atoms with van der Waals surface area (Å²) in [5.41, 5.74) is 5.71. The third-order valence-corrected chi connectivity index (χ3v) is 6.31. The van der Waals surface area contributed by atoms with E-state index < -0.39 is 0 Å².